The second-order valence-corrected chi connectivity index (χ2v) is 16.6. The zero-order valence-electron chi connectivity index (χ0n) is 33.2. The van der Waals surface area contributed by atoms with E-state index in [2.05, 4.69) is 159 Å². The summed E-state index contributed by atoms with van der Waals surface area (Å²) in [5, 5.41) is 12.8. The van der Waals surface area contributed by atoms with Gasteiger partial charge in [0.25, 0.3) is 0 Å². The third-order valence-electron chi connectivity index (χ3n) is 12.3. The molecular formula is C52H34N8. The van der Waals surface area contributed by atoms with Gasteiger partial charge in [-0.2, -0.15) is 0 Å². The molecule has 8 bridgehead atoms. The van der Waals surface area contributed by atoms with Crippen LogP contribution in [0, 0.1) is 27.7 Å². The van der Waals surface area contributed by atoms with Crippen LogP contribution >= 0.6 is 0 Å². The smallest absolute Gasteiger partial charge is 0.164 e. The van der Waals surface area contributed by atoms with Crippen molar-refractivity contribution in [1.82, 2.24) is 39.9 Å². The standard InChI is InChI=1S/C52H34N8/c1-25-5-9-29-17-37-41(21-33(29)13-25)49-55-45(37)53-46-39-19-31-11-7-27(3)15-35(31)23-43(39)51(57-46)60-52-44-24-36-16-28(4)8-12-32(36)20-40(44)48(58-52)54-47-38-18-30-10-6-26(2)14-34(30)22-42(38)50(56-47)59-49/h5-24H,1-4H3,(H2,53,54,55,56,57,58,59,60). The van der Waals surface area contributed by atoms with Gasteiger partial charge >= 0.3 is 0 Å². The van der Waals surface area contributed by atoms with Crippen molar-refractivity contribution in [3.05, 3.63) is 144 Å². The predicted octanol–water partition coefficient (Wildman–Crippen LogP) is 12.7. The molecule has 3 aromatic heterocycles. The number of fused-ring (bicyclic) bond motifs is 24. The number of hydrogen-bond acceptors (Lipinski definition) is 6. The van der Waals surface area contributed by atoms with Gasteiger partial charge in [-0.1, -0.05) is 95.1 Å². The van der Waals surface area contributed by atoms with Gasteiger partial charge in [0.05, 0.1) is 0 Å². The predicted molar refractivity (Wildman–Crippen MR) is 245 cm³/mol. The van der Waals surface area contributed by atoms with Gasteiger partial charge in [0.2, 0.25) is 0 Å². The first-order valence-electron chi connectivity index (χ1n) is 20.3. The first-order chi connectivity index (χ1) is 29.2. The quantitative estimate of drug-likeness (QED) is 0.159. The first kappa shape index (κ1) is 33.2. The molecule has 8 nitrogen and oxygen atoms in total. The normalized spacial score (nSPS) is 12.3. The molecule has 0 saturated heterocycles. The number of aryl methyl sites for hydroxylation is 4. The molecule has 0 radical (unpaired) electrons. The lowest BCUT2D eigenvalue weighted by molar-refractivity contribution is 1.19. The fourth-order valence-electron chi connectivity index (χ4n) is 9.24. The van der Waals surface area contributed by atoms with Crippen molar-refractivity contribution in [3.8, 4) is 45.6 Å². The minimum Gasteiger partial charge on any atom is -0.324 e. The lowest BCUT2D eigenvalue weighted by Gasteiger charge is -2.04. The van der Waals surface area contributed by atoms with Gasteiger partial charge in [-0.05, 0) is 119 Å². The van der Waals surface area contributed by atoms with E-state index in [-0.39, 0.29) is 0 Å². The van der Waals surface area contributed by atoms with E-state index in [0.29, 0.717) is 45.9 Å². The molecule has 13 rings (SSSR count). The number of aromatic nitrogens is 8. The van der Waals surface area contributed by atoms with E-state index in [1.165, 1.54) is 22.3 Å². The van der Waals surface area contributed by atoms with E-state index in [1.807, 2.05) is 0 Å². The Kier molecular flexibility index (Phi) is 6.56. The molecule has 282 valence electrons. The average molecular weight is 771 g/mol. The third-order valence-corrected chi connectivity index (χ3v) is 12.3. The second-order valence-electron chi connectivity index (χ2n) is 16.6. The van der Waals surface area contributed by atoms with Crippen molar-refractivity contribution in [2.45, 2.75) is 27.7 Å². The van der Waals surface area contributed by atoms with E-state index in [0.717, 1.165) is 86.9 Å². The Morgan fingerprint density at radius 1 is 0.267 bits per heavy atom. The molecule has 0 unspecified atom stereocenters. The highest BCUT2D eigenvalue weighted by Gasteiger charge is 2.24. The summed E-state index contributed by atoms with van der Waals surface area (Å²) in [5.41, 5.74) is 11.1. The van der Waals surface area contributed by atoms with Gasteiger partial charge in [0, 0.05) is 43.8 Å². The summed E-state index contributed by atoms with van der Waals surface area (Å²) in [5.74, 6) is 2.33. The monoisotopic (exact) mass is 770 g/mol. The number of hydrogen-bond donors (Lipinski definition) is 2. The van der Waals surface area contributed by atoms with Gasteiger partial charge < -0.3 is 9.97 Å². The van der Waals surface area contributed by atoms with E-state index in [9.17, 15) is 0 Å². The van der Waals surface area contributed by atoms with Gasteiger partial charge in [0.15, 0.2) is 23.3 Å². The van der Waals surface area contributed by atoms with Crippen molar-refractivity contribution < 1.29 is 0 Å². The van der Waals surface area contributed by atoms with Crippen LogP contribution in [-0.2, 0) is 0 Å². The van der Waals surface area contributed by atoms with Gasteiger partial charge in [0.1, 0.15) is 22.6 Å². The molecule has 0 spiro atoms. The fraction of sp³-hybridized carbons (Fsp3) is 0.0769. The van der Waals surface area contributed by atoms with Crippen LogP contribution in [-0.4, -0.2) is 39.9 Å². The molecule has 5 heterocycles. The molecule has 0 fully saturated rings. The van der Waals surface area contributed by atoms with Gasteiger partial charge in [-0.3, -0.25) is 0 Å². The summed E-state index contributed by atoms with van der Waals surface area (Å²) in [4.78, 5) is 39.3. The van der Waals surface area contributed by atoms with Crippen LogP contribution in [0.5, 0.6) is 0 Å². The Bertz CT molecular complexity index is 3690. The molecule has 11 aromatic rings. The van der Waals surface area contributed by atoms with Crippen LogP contribution in [0.1, 0.15) is 22.3 Å². The number of rotatable bonds is 0. The fourth-order valence-corrected chi connectivity index (χ4v) is 9.24. The maximum absolute atomic E-state index is 5.37. The Morgan fingerprint density at radius 2 is 0.517 bits per heavy atom. The molecule has 60 heavy (non-hydrogen) atoms. The molecule has 2 aliphatic heterocycles. The van der Waals surface area contributed by atoms with E-state index in [1.54, 1.807) is 0 Å². The first-order valence-corrected chi connectivity index (χ1v) is 20.3. The van der Waals surface area contributed by atoms with Crippen molar-refractivity contribution >= 4 is 87.2 Å². The molecule has 8 heteroatoms. The largest absolute Gasteiger partial charge is 0.324 e. The number of nitrogens with zero attached hydrogens (tertiary/aromatic N) is 6. The number of H-pyrrole nitrogens is 2. The summed E-state index contributed by atoms with van der Waals surface area (Å²) in [6, 6.07) is 43.7. The van der Waals surface area contributed by atoms with Crippen LogP contribution in [0.4, 0.5) is 0 Å². The zero-order chi connectivity index (χ0) is 40.0. The summed E-state index contributed by atoms with van der Waals surface area (Å²) in [7, 11) is 0. The van der Waals surface area contributed by atoms with E-state index in [4.69, 9.17) is 29.9 Å². The highest BCUT2D eigenvalue weighted by molar-refractivity contribution is 6.13. The highest BCUT2D eigenvalue weighted by atomic mass is 15.1. The summed E-state index contributed by atoms with van der Waals surface area (Å²) in [6.07, 6.45) is 0. The molecule has 0 amide bonds. The van der Waals surface area contributed by atoms with E-state index >= 15 is 0 Å². The van der Waals surface area contributed by atoms with Crippen molar-refractivity contribution in [2.75, 3.05) is 0 Å². The Balaban J connectivity index is 1.23. The van der Waals surface area contributed by atoms with Crippen LogP contribution < -0.4 is 0 Å². The van der Waals surface area contributed by atoms with E-state index < -0.39 is 0 Å². The second kappa shape index (κ2) is 11.9. The Labute approximate surface area is 342 Å². The summed E-state index contributed by atoms with van der Waals surface area (Å²) in [6.45, 7) is 8.48. The summed E-state index contributed by atoms with van der Waals surface area (Å²) >= 11 is 0. The summed E-state index contributed by atoms with van der Waals surface area (Å²) < 4.78 is 0. The van der Waals surface area contributed by atoms with Gasteiger partial charge in [-0.25, -0.2) is 29.9 Å². The van der Waals surface area contributed by atoms with Gasteiger partial charge in [-0.15, -0.1) is 0 Å². The number of nitrogens with one attached hydrogen (secondary N) is 2. The van der Waals surface area contributed by atoms with Crippen LogP contribution in [0.15, 0.2) is 121 Å². The molecule has 2 aliphatic rings. The average Bonchev–Trinajstić information content (AvgIpc) is 3.95. The topological polar surface area (TPSA) is 109 Å². The number of aromatic amines is 2. The molecular weight excluding hydrogens is 737 g/mol. The minimum absolute atomic E-state index is 0.583. The van der Waals surface area contributed by atoms with Crippen molar-refractivity contribution in [3.63, 3.8) is 0 Å². The lowest BCUT2D eigenvalue weighted by atomic mass is 10.00. The maximum atomic E-state index is 5.37. The third kappa shape index (κ3) is 4.97. The molecule has 8 aromatic carbocycles. The zero-order valence-corrected chi connectivity index (χ0v) is 33.2. The number of benzene rings is 8. The molecule has 0 saturated carbocycles. The Hall–Kier alpha value is -7.84. The Morgan fingerprint density at radius 3 is 0.833 bits per heavy atom. The molecule has 0 aliphatic carbocycles. The maximum Gasteiger partial charge on any atom is 0.164 e. The van der Waals surface area contributed by atoms with Crippen molar-refractivity contribution in [1.29, 1.82) is 0 Å². The highest BCUT2D eigenvalue weighted by Crippen LogP contribution is 2.41. The lowest BCUT2D eigenvalue weighted by Crippen LogP contribution is -1.85. The van der Waals surface area contributed by atoms with Crippen LogP contribution in [0.2, 0.25) is 0 Å². The van der Waals surface area contributed by atoms with Crippen LogP contribution in [0.25, 0.3) is 133 Å². The van der Waals surface area contributed by atoms with Crippen molar-refractivity contribution in [2.24, 2.45) is 0 Å². The van der Waals surface area contributed by atoms with Crippen LogP contribution in [0.3, 0.4) is 0 Å². The molecule has 2 N–H and O–H groups in total. The molecule has 0 atom stereocenters. The SMILES string of the molecule is Cc1ccc2cc3c(cc2c1)-c1nc-3nc2[nH]c(nc3nc(nc4[nH]c(n1)c1cc5cc(C)ccc5cc41)-c1cc4ccc(C)cc4cc1-3)c1cc3cc(C)ccc3cc21. The minimum atomic E-state index is 0.583.